The molecule has 1 unspecified atom stereocenters. The number of carbonyl (C=O) groups excluding carboxylic acids is 2. The highest BCUT2D eigenvalue weighted by atomic mass is 17.5. The van der Waals surface area contributed by atoms with Crippen LogP contribution in [0.3, 0.4) is 0 Å². The molecule has 7 heteroatoms. The molecule has 0 aliphatic heterocycles. The van der Waals surface area contributed by atoms with Gasteiger partial charge in [-0.05, 0) is 32.2 Å². The third kappa shape index (κ3) is 8.49. The van der Waals surface area contributed by atoms with Crippen LogP contribution in [0.2, 0.25) is 0 Å². The molecule has 0 bridgehead atoms. The summed E-state index contributed by atoms with van der Waals surface area (Å²) < 4.78 is 9.31. The molecule has 20 heavy (non-hydrogen) atoms. The van der Waals surface area contributed by atoms with Crippen molar-refractivity contribution in [2.24, 2.45) is 0 Å². The molecule has 0 saturated heterocycles. The van der Waals surface area contributed by atoms with Crippen LogP contribution in [0, 0.1) is 0 Å². The van der Waals surface area contributed by atoms with E-state index < -0.39 is 24.0 Å². The van der Waals surface area contributed by atoms with Crippen molar-refractivity contribution in [2.45, 2.75) is 59.4 Å². The second-order valence-electron chi connectivity index (χ2n) is 4.87. The van der Waals surface area contributed by atoms with Crippen molar-refractivity contribution in [1.29, 1.82) is 0 Å². The first-order valence-corrected chi connectivity index (χ1v) is 6.27. The highest BCUT2D eigenvalue weighted by Crippen LogP contribution is 2.16. The predicted molar refractivity (Wildman–Crippen MR) is 69.1 cm³/mol. The average Bonchev–Trinajstić information content (AvgIpc) is 2.27. The molecular formula is C13H22O7. The topological polar surface area (TPSA) is 80.3 Å². The van der Waals surface area contributed by atoms with Crippen LogP contribution in [0.25, 0.3) is 0 Å². The second kappa shape index (κ2) is 8.55. The Morgan fingerprint density at radius 2 is 1.85 bits per heavy atom. The number of esters is 1. The molecule has 0 fully saturated rings. The Kier molecular flexibility index (Phi) is 7.86. The van der Waals surface area contributed by atoms with Crippen molar-refractivity contribution in [2.75, 3.05) is 0 Å². The van der Waals surface area contributed by atoms with E-state index in [0.29, 0.717) is 0 Å². The Labute approximate surface area is 118 Å². The van der Waals surface area contributed by atoms with Crippen LogP contribution < -0.4 is 0 Å². The molecule has 0 aliphatic carbocycles. The number of hydrogen-bond acceptors (Lipinski definition) is 7. The Morgan fingerprint density at radius 1 is 1.25 bits per heavy atom. The molecule has 1 atom stereocenters. The molecule has 7 nitrogen and oxygen atoms in total. The van der Waals surface area contributed by atoms with Gasteiger partial charge in [0, 0.05) is 12.5 Å². The number of hydrogen-bond donors (Lipinski definition) is 0. The first kappa shape index (κ1) is 18.4. The quantitative estimate of drug-likeness (QED) is 0.223. The van der Waals surface area contributed by atoms with Crippen molar-refractivity contribution in [3.05, 3.63) is 12.2 Å². The fourth-order valence-electron chi connectivity index (χ4n) is 1.21. The van der Waals surface area contributed by atoms with Gasteiger partial charge in [0.25, 0.3) is 0 Å². The minimum Gasteiger partial charge on any atom is -0.422 e. The summed E-state index contributed by atoms with van der Waals surface area (Å²) in [5.74, 6) is -0.674. The summed E-state index contributed by atoms with van der Waals surface area (Å²) in [7, 11) is 0. The first-order chi connectivity index (χ1) is 9.18. The van der Waals surface area contributed by atoms with E-state index in [1.54, 1.807) is 13.8 Å². The molecule has 0 aromatic carbocycles. The molecule has 0 spiro atoms. The van der Waals surface area contributed by atoms with Crippen LogP contribution in [0.1, 0.15) is 47.5 Å². The third-order valence-corrected chi connectivity index (χ3v) is 2.10. The number of rotatable bonds is 8. The van der Waals surface area contributed by atoms with Gasteiger partial charge in [0.15, 0.2) is 0 Å². The summed E-state index contributed by atoms with van der Waals surface area (Å²) in [6.45, 7) is 11.8. The summed E-state index contributed by atoms with van der Waals surface area (Å²) in [4.78, 5) is 31.5. The van der Waals surface area contributed by atoms with E-state index in [4.69, 9.17) is 9.62 Å². The Morgan fingerprint density at radius 3 is 2.35 bits per heavy atom. The van der Waals surface area contributed by atoms with Gasteiger partial charge in [0.1, 0.15) is 5.60 Å². The van der Waals surface area contributed by atoms with E-state index in [9.17, 15) is 9.59 Å². The SMILES string of the molecule is C=C(C)C(=O)OC(C)OC(=O)OOOC(C)(C)CCC. The van der Waals surface area contributed by atoms with Gasteiger partial charge in [-0.25, -0.2) is 14.5 Å². The van der Waals surface area contributed by atoms with Gasteiger partial charge in [-0.2, -0.15) is 4.89 Å². The van der Waals surface area contributed by atoms with Gasteiger partial charge in [0.05, 0.1) is 0 Å². The summed E-state index contributed by atoms with van der Waals surface area (Å²) in [6.07, 6.45) is -0.703. The van der Waals surface area contributed by atoms with Crippen LogP contribution in [-0.4, -0.2) is 24.0 Å². The lowest BCUT2D eigenvalue weighted by Gasteiger charge is -2.21. The van der Waals surface area contributed by atoms with Crippen molar-refractivity contribution in [3.8, 4) is 0 Å². The lowest BCUT2D eigenvalue weighted by atomic mass is 10.0. The van der Waals surface area contributed by atoms with Gasteiger partial charge in [0.2, 0.25) is 6.29 Å². The third-order valence-electron chi connectivity index (χ3n) is 2.10. The fraction of sp³-hybridized carbons (Fsp3) is 0.692. The van der Waals surface area contributed by atoms with E-state index in [2.05, 4.69) is 21.2 Å². The Bertz CT molecular complexity index is 349. The smallest absolute Gasteiger partial charge is 0.422 e. The van der Waals surface area contributed by atoms with E-state index in [0.717, 1.165) is 12.8 Å². The maximum Gasteiger partial charge on any atom is 0.545 e. The molecule has 116 valence electrons. The molecule has 0 heterocycles. The van der Waals surface area contributed by atoms with E-state index in [1.165, 1.54) is 13.8 Å². The molecular weight excluding hydrogens is 268 g/mol. The Hall–Kier alpha value is -1.60. The lowest BCUT2D eigenvalue weighted by molar-refractivity contribution is -0.518. The van der Waals surface area contributed by atoms with Crippen molar-refractivity contribution >= 4 is 12.1 Å². The van der Waals surface area contributed by atoms with Crippen LogP contribution in [0.4, 0.5) is 4.79 Å². The van der Waals surface area contributed by atoms with Crippen LogP contribution in [0.15, 0.2) is 12.2 Å². The van der Waals surface area contributed by atoms with Gasteiger partial charge in [-0.15, -0.1) is 0 Å². The highest BCUT2D eigenvalue weighted by molar-refractivity contribution is 5.87. The standard InChI is InChI=1S/C13H22O7/c1-7-8-13(5,6)19-20-18-12(15)17-10(4)16-11(14)9(2)3/h10H,2,7-8H2,1,3-6H3. The molecule has 0 amide bonds. The van der Waals surface area contributed by atoms with Gasteiger partial charge >= 0.3 is 12.1 Å². The monoisotopic (exact) mass is 290 g/mol. The van der Waals surface area contributed by atoms with Crippen LogP contribution >= 0.6 is 0 Å². The summed E-state index contributed by atoms with van der Waals surface area (Å²) in [5, 5.41) is 4.33. The summed E-state index contributed by atoms with van der Waals surface area (Å²) in [6, 6.07) is 0. The predicted octanol–water partition coefficient (Wildman–Crippen LogP) is 3.05. The molecule has 0 radical (unpaired) electrons. The largest absolute Gasteiger partial charge is 0.545 e. The molecule has 0 rings (SSSR count). The molecule has 0 saturated carbocycles. The fourth-order valence-corrected chi connectivity index (χ4v) is 1.21. The first-order valence-electron chi connectivity index (χ1n) is 6.27. The highest BCUT2D eigenvalue weighted by Gasteiger charge is 2.21. The zero-order valence-electron chi connectivity index (χ0n) is 12.6. The van der Waals surface area contributed by atoms with E-state index in [1.807, 2.05) is 6.92 Å². The van der Waals surface area contributed by atoms with Gasteiger partial charge in [-0.3, -0.25) is 0 Å². The van der Waals surface area contributed by atoms with E-state index >= 15 is 0 Å². The van der Waals surface area contributed by atoms with Crippen LogP contribution in [0.5, 0.6) is 0 Å². The number of ether oxygens (including phenoxy) is 2. The zero-order chi connectivity index (χ0) is 15.8. The number of carbonyl (C=O) groups is 2. The molecule has 0 N–H and O–H groups in total. The molecule has 0 aliphatic rings. The lowest BCUT2D eigenvalue weighted by Crippen LogP contribution is -2.26. The minimum absolute atomic E-state index is 0.190. The maximum atomic E-state index is 11.2. The molecule has 0 aromatic rings. The second-order valence-corrected chi connectivity index (χ2v) is 4.87. The normalized spacial score (nSPS) is 12.4. The van der Waals surface area contributed by atoms with E-state index in [-0.39, 0.29) is 5.57 Å². The summed E-state index contributed by atoms with van der Waals surface area (Å²) >= 11 is 0. The Balaban J connectivity index is 3.94. The van der Waals surface area contributed by atoms with Crippen molar-refractivity contribution in [1.82, 2.24) is 0 Å². The van der Waals surface area contributed by atoms with Gasteiger partial charge < -0.3 is 9.47 Å². The minimum atomic E-state index is -1.18. The van der Waals surface area contributed by atoms with Crippen molar-refractivity contribution in [3.63, 3.8) is 0 Å². The zero-order valence-corrected chi connectivity index (χ0v) is 12.6. The van der Waals surface area contributed by atoms with Gasteiger partial charge in [-0.1, -0.05) is 19.9 Å². The average molecular weight is 290 g/mol. The maximum absolute atomic E-state index is 11.2. The van der Waals surface area contributed by atoms with Crippen LogP contribution in [-0.2, 0) is 29.1 Å². The van der Waals surface area contributed by atoms with Crippen molar-refractivity contribution < 1.29 is 33.9 Å². The summed E-state index contributed by atoms with van der Waals surface area (Å²) in [5.41, 5.74) is -0.401. The molecule has 0 aromatic heterocycles.